The van der Waals surface area contributed by atoms with E-state index >= 15 is 0 Å². The van der Waals surface area contributed by atoms with Gasteiger partial charge in [0.1, 0.15) is 5.82 Å². The van der Waals surface area contributed by atoms with E-state index in [2.05, 4.69) is 16.0 Å². The summed E-state index contributed by atoms with van der Waals surface area (Å²) in [6.45, 7) is 0. The van der Waals surface area contributed by atoms with Crippen molar-refractivity contribution in [1.82, 2.24) is 9.97 Å². The second kappa shape index (κ2) is 3.31. The first-order valence-corrected chi connectivity index (χ1v) is 4.17. The number of hydrogen-bond donors (Lipinski definition) is 2. The summed E-state index contributed by atoms with van der Waals surface area (Å²) in [6, 6.07) is 7.90. The zero-order chi connectivity index (χ0) is 9.10. The Morgan fingerprint density at radius 2 is 2.31 bits per heavy atom. The molecule has 2 aromatic rings. The summed E-state index contributed by atoms with van der Waals surface area (Å²) in [5, 5.41) is 0. The Labute approximate surface area is 76.6 Å². The standard InChI is InChI=1S/C10H11N3/c11-10-7-8(3-5-13-10)6-9-2-1-4-12-9/h1-5,7,12H,6H2,(H2,11,13). The molecule has 0 aliphatic heterocycles. The summed E-state index contributed by atoms with van der Waals surface area (Å²) in [7, 11) is 0. The number of nitrogens with two attached hydrogens (primary N) is 1. The normalized spacial score (nSPS) is 10.2. The molecule has 2 aromatic heterocycles. The minimum atomic E-state index is 0.573. The van der Waals surface area contributed by atoms with E-state index in [1.165, 1.54) is 11.3 Å². The van der Waals surface area contributed by atoms with Gasteiger partial charge in [-0.25, -0.2) is 4.98 Å². The lowest BCUT2D eigenvalue weighted by Crippen LogP contribution is -1.93. The maximum atomic E-state index is 5.57. The first kappa shape index (κ1) is 7.86. The molecular formula is C10H11N3. The Bertz CT molecular complexity index is 379. The average molecular weight is 173 g/mol. The van der Waals surface area contributed by atoms with Crippen LogP contribution in [-0.4, -0.2) is 9.97 Å². The molecule has 13 heavy (non-hydrogen) atoms. The Morgan fingerprint density at radius 3 is 3.00 bits per heavy atom. The van der Waals surface area contributed by atoms with Gasteiger partial charge in [0, 0.05) is 24.5 Å². The van der Waals surface area contributed by atoms with Gasteiger partial charge in [0.2, 0.25) is 0 Å². The van der Waals surface area contributed by atoms with Crippen LogP contribution in [0.3, 0.4) is 0 Å². The molecule has 2 heterocycles. The van der Waals surface area contributed by atoms with Gasteiger partial charge in [-0.15, -0.1) is 0 Å². The lowest BCUT2D eigenvalue weighted by Gasteiger charge is -1.99. The minimum Gasteiger partial charge on any atom is -0.384 e. The molecular weight excluding hydrogens is 162 g/mol. The number of nitrogen functional groups attached to an aromatic ring is 1. The van der Waals surface area contributed by atoms with Gasteiger partial charge in [-0.1, -0.05) is 0 Å². The predicted octanol–water partition coefficient (Wildman–Crippen LogP) is 1.58. The summed E-state index contributed by atoms with van der Waals surface area (Å²) in [5.41, 5.74) is 7.93. The third-order valence-corrected chi connectivity index (χ3v) is 1.90. The highest BCUT2D eigenvalue weighted by atomic mass is 14.8. The largest absolute Gasteiger partial charge is 0.384 e. The van der Waals surface area contributed by atoms with Crippen molar-refractivity contribution < 1.29 is 0 Å². The lowest BCUT2D eigenvalue weighted by atomic mass is 10.1. The van der Waals surface area contributed by atoms with E-state index in [9.17, 15) is 0 Å². The highest BCUT2D eigenvalue weighted by Crippen LogP contribution is 2.08. The van der Waals surface area contributed by atoms with Crippen molar-refractivity contribution in [3.8, 4) is 0 Å². The van der Waals surface area contributed by atoms with Crippen LogP contribution < -0.4 is 5.73 Å². The van der Waals surface area contributed by atoms with Gasteiger partial charge in [0.25, 0.3) is 0 Å². The molecule has 66 valence electrons. The summed E-state index contributed by atoms with van der Waals surface area (Å²) in [5.74, 6) is 0.573. The van der Waals surface area contributed by atoms with E-state index in [1.54, 1.807) is 6.20 Å². The van der Waals surface area contributed by atoms with Crippen LogP contribution in [-0.2, 0) is 6.42 Å². The molecule has 3 nitrogen and oxygen atoms in total. The fourth-order valence-electron chi connectivity index (χ4n) is 1.30. The maximum Gasteiger partial charge on any atom is 0.123 e. The van der Waals surface area contributed by atoms with Crippen LogP contribution >= 0.6 is 0 Å². The van der Waals surface area contributed by atoms with Crippen LogP contribution in [0.2, 0.25) is 0 Å². The van der Waals surface area contributed by atoms with Crippen molar-refractivity contribution in [1.29, 1.82) is 0 Å². The fourth-order valence-corrected chi connectivity index (χ4v) is 1.30. The zero-order valence-corrected chi connectivity index (χ0v) is 7.20. The summed E-state index contributed by atoms with van der Waals surface area (Å²) in [6.07, 6.45) is 4.52. The molecule has 0 saturated heterocycles. The summed E-state index contributed by atoms with van der Waals surface area (Å²) < 4.78 is 0. The average Bonchev–Trinajstić information content (AvgIpc) is 2.57. The second-order valence-corrected chi connectivity index (χ2v) is 2.96. The Balaban J connectivity index is 2.19. The van der Waals surface area contributed by atoms with Gasteiger partial charge in [0.15, 0.2) is 0 Å². The van der Waals surface area contributed by atoms with Crippen molar-refractivity contribution in [2.45, 2.75) is 6.42 Å². The number of anilines is 1. The Morgan fingerprint density at radius 1 is 1.38 bits per heavy atom. The number of rotatable bonds is 2. The van der Waals surface area contributed by atoms with Crippen LogP contribution in [0.5, 0.6) is 0 Å². The number of pyridine rings is 1. The molecule has 0 saturated carbocycles. The van der Waals surface area contributed by atoms with E-state index < -0.39 is 0 Å². The number of nitrogens with zero attached hydrogens (tertiary/aromatic N) is 1. The van der Waals surface area contributed by atoms with Crippen molar-refractivity contribution in [3.05, 3.63) is 47.9 Å². The van der Waals surface area contributed by atoms with Crippen LogP contribution in [0.1, 0.15) is 11.3 Å². The van der Waals surface area contributed by atoms with E-state index in [0.29, 0.717) is 5.82 Å². The molecule has 0 unspecified atom stereocenters. The molecule has 0 atom stereocenters. The molecule has 0 radical (unpaired) electrons. The molecule has 0 fully saturated rings. The van der Waals surface area contributed by atoms with Crippen molar-refractivity contribution >= 4 is 5.82 Å². The number of aromatic nitrogens is 2. The van der Waals surface area contributed by atoms with Crippen molar-refractivity contribution in [3.63, 3.8) is 0 Å². The molecule has 0 spiro atoms. The van der Waals surface area contributed by atoms with Crippen LogP contribution in [0.4, 0.5) is 5.82 Å². The van der Waals surface area contributed by atoms with Gasteiger partial charge in [-0.05, 0) is 29.8 Å². The third kappa shape index (κ3) is 1.87. The fraction of sp³-hybridized carbons (Fsp3) is 0.100. The molecule has 0 aromatic carbocycles. The van der Waals surface area contributed by atoms with Crippen LogP contribution in [0.25, 0.3) is 0 Å². The van der Waals surface area contributed by atoms with Gasteiger partial charge in [-0.3, -0.25) is 0 Å². The van der Waals surface area contributed by atoms with E-state index in [-0.39, 0.29) is 0 Å². The molecule has 3 heteroatoms. The number of H-pyrrole nitrogens is 1. The number of nitrogens with one attached hydrogen (secondary N) is 1. The van der Waals surface area contributed by atoms with Gasteiger partial charge in [0.05, 0.1) is 0 Å². The summed E-state index contributed by atoms with van der Waals surface area (Å²) >= 11 is 0. The van der Waals surface area contributed by atoms with Gasteiger partial charge >= 0.3 is 0 Å². The molecule has 0 amide bonds. The van der Waals surface area contributed by atoms with E-state index in [0.717, 1.165) is 6.42 Å². The number of aromatic amines is 1. The molecule has 0 aliphatic rings. The van der Waals surface area contributed by atoms with Crippen molar-refractivity contribution in [2.75, 3.05) is 5.73 Å². The summed E-state index contributed by atoms with van der Waals surface area (Å²) in [4.78, 5) is 7.08. The van der Waals surface area contributed by atoms with Gasteiger partial charge in [-0.2, -0.15) is 0 Å². The molecule has 3 N–H and O–H groups in total. The SMILES string of the molecule is Nc1cc(Cc2ccc[nH]2)ccn1. The zero-order valence-electron chi connectivity index (χ0n) is 7.20. The highest BCUT2D eigenvalue weighted by molar-refractivity contribution is 5.33. The van der Waals surface area contributed by atoms with E-state index in [1.807, 2.05) is 24.4 Å². The van der Waals surface area contributed by atoms with Crippen LogP contribution in [0, 0.1) is 0 Å². The molecule has 0 bridgehead atoms. The third-order valence-electron chi connectivity index (χ3n) is 1.90. The minimum absolute atomic E-state index is 0.573. The molecule has 0 aliphatic carbocycles. The van der Waals surface area contributed by atoms with Gasteiger partial charge < -0.3 is 10.7 Å². The first-order valence-electron chi connectivity index (χ1n) is 4.17. The van der Waals surface area contributed by atoms with Crippen molar-refractivity contribution in [2.24, 2.45) is 0 Å². The quantitative estimate of drug-likeness (QED) is 0.724. The first-order chi connectivity index (χ1) is 6.34. The smallest absolute Gasteiger partial charge is 0.123 e. The Hall–Kier alpha value is -1.77. The highest BCUT2D eigenvalue weighted by Gasteiger charge is 1.96. The Kier molecular flexibility index (Phi) is 2.00. The topological polar surface area (TPSA) is 54.7 Å². The lowest BCUT2D eigenvalue weighted by molar-refractivity contribution is 1.10. The monoisotopic (exact) mass is 173 g/mol. The maximum absolute atomic E-state index is 5.57. The van der Waals surface area contributed by atoms with E-state index in [4.69, 9.17) is 5.73 Å². The molecule has 2 rings (SSSR count). The second-order valence-electron chi connectivity index (χ2n) is 2.96. The number of hydrogen-bond acceptors (Lipinski definition) is 2. The van der Waals surface area contributed by atoms with Crippen LogP contribution in [0.15, 0.2) is 36.7 Å². The predicted molar refractivity (Wildman–Crippen MR) is 52.2 cm³/mol.